The first-order valence-electron chi connectivity index (χ1n) is 6.57. The maximum atomic E-state index is 5.66. The molecule has 0 aromatic rings. The Kier molecular flexibility index (Phi) is 8.84. The van der Waals surface area contributed by atoms with E-state index in [0.29, 0.717) is 0 Å². The summed E-state index contributed by atoms with van der Waals surface area (Å²) in [6.45, 7) is 2.17. The van der Waals surface area contributed by atoms with Gasteiger partial charge in [0, 0.05) is 0 Å². The molecule has 4 heteroatoms. The van der Waals surface area contributed by atoms with Gasteiger partial charge in [-0.05, 0) is 19.3 Å². The van der Waals surface area contributed by atoms with Gasteiger partial charge in [-0.1, -0.05) is 45.4 Å². The van der Waals surface area contributed by atoms with Crippen molar-refractivity contribution in [3.63, 3.8) is 0 Å². The molecule has 8 N–H and O–H groups in total. The largest absolute Gasteiger partial charge is 0.316 e. The first kappa shape index (κ1) is 15.8. The average molecular weight is 230 g/mol. The van der Waals surface area contributed by atoms with Crippen molar-refractivity contribution in [3.8, 4) is 0 Å². The zero-order chi connectivity index (χ0) is 12.4. The van der Waals surface area contributed by atoms with Crippen molar-refractivity contribution in [2.45, 2.75) is 76.5 Å². The Hall–Kier alpha value is -0.160. The van der Waals surface area contributed by atoms with E-state index in [9.17, 15) is 0 Å². The maximum Gasteiger partial charge on any atom is 0.0636 e. The van der Waals surface area contributed by atoms with Crippen LogP contribution >= 0.6 is 0 Å². The van der Waals surface area contributed by atoms with E-state index in [4.69, 9.17) is 22.9 Å². The van der Waals surface area contributed by atoms with Gasteiger partial charge in [-0.2, -0.15) is 0 Å². The van der Waals surface area contributed by atoms with Crippen molar-refractivity contribution in [1.82, 2.24) is 0 Å². The van der Waals surface area contributed by atoms with Gasteiger partial charge < -0.3 is 22.9 Å². The van der Waals surface area contributed by atoms with Crippen LogP contribution in [0.5, 0.6) is 0 Å². The van der Waals surface area contributed by atoms with Crippen molar-refractivity contribution in [1.29, 1.82) is 0 Å². The molecule has 0 heterocycles. The van der Waals surface area contributed by atoms with E-state index < -0.39 is 0 Å². The van der Waals surface area contributed by atoms with Gasteiger partial charge in [0.05, 0.1) is 11.8 Å². The second-order valence-electron chi connectivity index (χ2n) is 4.95. The van der Waals surface area contributed by atoms with E-state index in [0.717, 1.165) is 19.3 Å². The fraction of sp³-hybridized carbons (Fsp3) is 1.00. The van der Waals surface area contributed by atoms with Crippen LogP contribution in [-0.2, 0) is 0 Å². The first-order valence-corrected chi connectivity index (χ1v) is 6.57. The summed E-state index contributed by atoms with van der Waals surface area (Å²) in [7, 11) is 0. The molecule has 0 aromatic heterocycles. The third-order valence-corrected chi connectivity index (χ3v) is 2.93. The molecule has 0 unspecified atom stereocenters. The van der Waals surface area contributed by atoms with Crippen LogP contribution < -0.4 is 22.9 Å². The summed E-state index contributed by atoms with van der Waals surface area (Å²) in [5.41, 5.74) is 21.6. The summed E-state index contributed by atoms with van der Waals surface area (Å²) in [5.74, 6) is 0. The lowest BCUT2D eigenvalue weighted by molar-refractivity contribution is 0.306. The molecule has 1 aliphatic rings. The van der Waals surface area contributed by atoms with Crippen LogP contribution in [0.4, 0.5) is 0 Å². The summed E-state index contributed by atoms with van der Waals surface area (Å²) in [5, 5.41) is 0. The van der Waals surface area contributed by atoms with E-state index in [1.54, 1.807) is 0 Å². The van der Waals surface area contributed by atoms with Gasteiger partial charge in [0.1, 0.15) is 0 Å². The molecule has 98 valence electrons. The highest BCUT2D eigenvalue weighted by Gasteiger charge is 2.21. The average Bonchev–Trinajstić information content (AvgIpc) is 2.18. The van der Waals surface area contributed by atoms with Gasteiger partial charge in [-0.3, -0.25) is 0 Å². The smallest absolute Gasteiger partial charge is 0.0636 e. The highest BCUT2D eigenvalue weighted by atomic mass is 14.9. The van der Waals surface area contributed by atoms with Crippen LogP contribution in [-0.4, -0.2) is 11.8 Å². The van der Waals surface area contributed by atoms with Crippen LogP contribution in [0.3, 0.4) is 0 Å². The van der Waals surface area contributed by atoms with E-state index in [-0.39, 0.29) is 11.8 Å². The second-order valence-corrected chi connectivity index (χ2v) is 4.95. The van der Waals surface area contributed by atoms with Crippen LogP contribution in [0.1, 0.15) is 64.7 Å². The van der Waals surface area contributed by atoms with E-state index in [1.807, 2.05) is 0 Å². The van der Waals surface area contributed by atoms with Crippen molar-refractivity contribution >= 4 is 0 Å². The Labute approximate surface area is 100 Å². The Balaban J connectivity index is 0.000000281. The SMILES string of the molecule is CCCCCC(N)N.NC1(N)CCCCC1. The van der Waals surface area contributed by atoms with Gasteiger partial charge in [-0.25, -0.2) is 0 Å². The van der Waals surface area contributed by atoms with Crippen LogP contribution in [0.2, 0.25) is 0 Å². The second kappa shape index (κ2) is 8.93. The minimum atomic E-state index is -0.321. The maximum absolute atomic E-state index is 5.66. The van der Waals surface area contributed by atoms with Crippen LogP contribution in [0, 0.1) is 0 Å². The highest BCUT2D eigenvalue weighted by Crippen LogP contribution is 2.20. The minimum absolute atomic E-state index is 0.0958. The standard InChI is InChI=1S/C6H14N2.C6H16N2/c7-6(8)4-2-1-3-5-6;1-2-3-4-5-6(7)8/h1-5,7-8H2;6H,2-5,7-8H2,1H3. The molecule has 0 bridgehead atoms. The topological polar surface area (TPSA) is 104 Å². The van der Waals surface area contributed by atoms with Crippen molar-refractivity contribution < 1.29 is 0 Å². The molecule has 0 aromatic carbocycles. The zero-order valence-corrected chi connectivity index (χ0v) is 10.8. The van der Waals surface area contributed by atoms with E-state index in [2.05, 4.69) is 6.92 Å². The third-order valence-electron chi connectivity index (χ3n) is 2.93. The number of nitrogens with two attached hydrogens (primary N) is 4. The molecule has 0 amide bonds. The molecule has 1 rings (SSSR count). The first-order chi connectivity index (χ1) is 7.48. The lowest BCUT2D eigenvalue weighted by Gasteiger charge is -2.28. The Morgan fingerprint density at radius 3 is 1.88 bits per heavy atom. The fourth-order valence-corrected chi connectivity index (χ4v) is 1.84. The molecule has 1 saturated carbocycles. The number of hydrogen-bond acceptors (Lipinski definition) is 4. The quantitative estimate of drug-likeness (QED) is 0.432. The van der Waals surface area contributed by atoms with Crippen LogP contribution in [0.15, 0.2) is 0 Å². The molecule has 16 heavy (non-hydrogen) atoms. The predicted molar refractivity (Wildman–Crippen MR) is 70.5 cm³/mol. The molecule has 1 fully saturated rings. The molecular formula is C12H30N4. The Morgan fingerprint density at radius 2 is 1.56 bits per heavy atom. The zero-order valence-electron chi connectivity index (χ0n) is 10.8. The molecule has 0 spiro atoms. The molecular weight excluding hydrogens is 200 g/mol. The van der Waals surface area contributed by atoms with Crippen molar-refractivity contribution in [2.24, 2.45) is 22.9 Å². The molecule has 4 nitrogen and oxygen atoms in total. The molecule has 0 radical (unpaired) electrons. The molecule has 0 atom stereocenters. The van der Waals surface area contributed by atoms with Gasteiger partial charge in [0.25, 0.3) is 0 Å². The Morgan fingerprint density at radius 1 is 1.00 bits per heavy atom. The van der Waals surface area contributed by atoms with Gasteiger partial charge in [0.2, 0.25) is 0 Å². The monoisotopic (exact) mass is 230 g/mol. The number of unbranched alkanes of at least 4 members (excludes halogenated alkanes) is 2. The summed E-state index contributed by atoms with van der Waals surface area (Å²) in [4.78, 5) is 0. The summed E-state index contributed by atoms with van der Waals surface area (Å²) in [6, 6.07) is 0. The minimum Gasteiger partial charge on any atom is -0.316 e. The molecule has 0 saturated heterocycles. The van der Waals surface area contributed by atoms with E-state index in [1.165, 1.54) is 38.5 Å². The predicted octanol–water partition coefficient (Wildman–Crippen LogP) is 1.37. The van der Waals surface area contributed by atoms with Crippen molar-refractivity contribution in [2.75, 3.05) is 0 Å². The summed E-state index contributed by atoms with van der Waals surface area (Å²) < 4.78 is 0. The summed E-state index contributed by atoms with van der Waals surface area (Å²) in [6.07, 6.45) is 10.3. The molecule has 1 aliphatic carbocycles. The fourth-order valence-electron chi connectivity index (χ4n) is 1.84. The van der Waals surface area contributed by atoms with Gasteiger partial charge in [-0.15, -0.1) is 0 Å². The van der Waals surface area contributed by atoms with Gasteiger partial charge >= 0.3 is 0 Å². The molecule has 0 aliphatic heterocycles. The van der Waals surface area contributed by atoms with E-state index >= 15 is 0 Å². The lowest BCUT2D eigenvalue weighted by Crippen LogP contribution is -2.50. The summed E-state index contributed by atoms with van der Waals surface area (Å²) >= 11 is 0. The number of rotatable bonds is 4. The van der Waals surface area contributed by atoms with Crippen LogP contribution in [0.25, 0.3) is 0 Å². The highest BCUT2D eigenvalue weighted by molar-refractivity contribution is 4.79. The Bertz CT molecular complexity index is 149. The lowest BCUT2D eigenvalue weighted by atomic mass is 9.91. The normalized spacial score (nSPS) is 19.1. The van der Waals surface area contributed by atoms with Crippen molar-refractivity contribution in [3.05, 3.63) is 0 Å². The third kappa shape index (κ3) is 10.4. The number of hydrogen-bond donors (Lipinski definition) is 4. The van der Waals surface area contributed by atoms with Gasteiger partial charge in [0.15, 0.2) is 0 Å².